The molecule has 5 nitrogen and oxygen atoms in total. The van der Waals surface area contributed by atoms with Crippen LogP contribution in [0.5, 0.6) is 0 Å². The van der Waals surface area contributed by atoms with Gasteiger partial charge in [0, 0.05) is 13.1 Å². The second-order valence-electron chi connectivity index (χ2n) is 3.77. The fourth-order valence-corrected chi connectivity index (χ4v) is 1.31. The van der Waals surface area contributed by atoms with Gasteiger partial charge in [0.25, 0.3) is 5.91 Å². The molecule has 5 heteroatoms. The minimum absolute atomic E-state index is 0.0814. The van der Waals surface area contributed by atoms with Crippen molar-refractivity contribution in [1.82, 2.24) is 4.90 Å². The first-order valence-corrected chi connectivity index (χ1v) is 4.97. The van der Waals surface area contributed by atoms with Crippen molar-refractivity contribution < 1.29 is 19.1 Å². The summed E-state index contributed by atoms with van der Waals surface area (Å²) in [6.45, 7) is 3.43. The first kappa shape index (κ1) is 12.3. The molecule has 0 aliphatic heterocycles. The van der Waals surface area contributed by atoms with Gasteiger partial charge >= 0.3 is 5.97 Å². The molecule has 0 fully saturated rings. The number of carbonyl (C=O) groups is 2. The van der Waals surface area contributed by atoms with E-state index in [0.29, 0.717) is 5.76 Å². The Labute approximate surface area is 93.7 Å². The Morgan fingerprint density at radius 2 is 2.12 bits per heavy atom. The Balaban J connectivity index is 2.70. The number of carboxylic acids is 1. The van der Waals surface area contributed by atoms with Crippen LogP contribution in [0.2, 0.25) is 0 Å². The molecule has 88 valence electrons. The molecule has 1 atom stereocenters. The monoisotopic (exact) mass is 225 g/mol. The van der Waals surface area contributed by atoms with E-state index in [1.807, 2.05) is 0 Å². The van der Waals surface area contributed by atoms with Gasteiger partial charge in [0.05, 0.1) is 6.42 Å². The smallest absolute Gasteiger partial charge is 0.305 e. The van der Waals surface area contributed by atoms with Crippen LogP contribution in [0.15, 0.2) is 16.5 Å². The number of rotatable bonds is 4. The molecule has 16 heavy (non-hydrogen) atoms. The molecule has 1 amide bonds. The Hall–Kier alpha value is -1.78. The number of nitrogens with zero attached hydrogens (tertiary/aromatic N) is 1. The Morgan fingerprint density at radius 3 is 2.56 bits per heavy atom. The first-order valence-electron chi connectivity index (χ1n) is 4.97. The maximum absolute atomic E-state index is 11.8. The number of carbonyl (C=O) groups excluding carboxylic acids is 1. The van der Waals surface area contributed by atoms with Crippen LogP contribution in [-0.2, 0) is 4.79 Å². The van der Waals surface area contributed by atoms with Gasteiger partial charge in [0.1, 0.15) is 5.76 Å². The standard InChI is InChI=1S/C11H15NO4/c1-7(6-10(13)14)12(3)11(15)9-5-4-8(2)16-9/h4-5,7H,6H2,1-3H3,(H,13,14). The van der Waals surface area contributed by atoms with Gasteiger partial charge in [-0.05, 0) is 26.0 Å². The van der Waals surface area contributed by atoms with Gasteiger partial charge in [-0.1, -0.05) is 0 Å². The van der Waals surface area contributed by atoms with Crippen LogP contribution < -0.4 is 0 Å². The lowest BCUT2D eigenvalue weighted by Gasteiger charge is -2.22. The lowest BCUT2D eigenvalue weighted by atomic mass is 10.2. The van der Waals surface area contributed by atoms with E-state index >= 15 is 0 Å². The minimum atomic E-state index is -0.928. The van der Waals surface area contributed by atoms with Crippen molar-refractivity contribution in [3.05, 3.63) is 23.7 Å². The fourth-order valence-electron chi connectivity index (χ4n) is 1.31. The van der Waals surface area contributed by atoms with Crippen molar-refractivity contribution in [2.75, 3.05) is 7.05 Å². The normalized spacial score (nSPS) is 12.2. The maximum Gasteiger partial charge on any atom is 0.305 e. The lowest BCUT2D eigenvalue weighted by Crippen LogP contribution is -2.36. The number of carboxylic acid groups (broad SMARTS) is 1. The molecule has 0 aliphatic rings. The van der Waals surface area contributed by atoms with Crippen molar-refractivity contribution in [3.63, 3.8) is 0 Å². The molecular weight excluding hydrogens is 210 g/mol. The summed E-state index contributed by atoms with van der Waals surface area (Å²) >= 11 is 0. The van der Waals surface area contributed by atoms with E-state index in [4.69, 9.17) is 9.52 Å². The molecule has 0 radical (unpaired) electrons. The van der Waals surface area contributed by atoms with E-state index in [9.17, 15) is 9.59 Å². The van der Waals surface area contributed by atoms with Crippen LogP contribution in [0.25, 0.3) is 0 Å². The van der Waals surface area contributed by atoms with E-state index < -0.39 is 5.97 Å². The van der Waals surface area contributed by atoms with E-state index in [0.717, 1.165) is 0 Å². The highest BCUT2D eigenvalue weighted by molar-refractivity contribution is 5.91. The summed E-state index contributed by atoms with van der Waals surface area (Å²) in [5.74, 6) is -0.343. The van der Waals surface area contributed by atoms with E-state index in [1.165, 1.54) is 4.90 Å². The summed E-state index contributed by atoms with van der Waals surface area (Å²) in [5.41, 5.74) is 0. The summed E-state index contributed by atoms with van der Waals surface area (Å²) in [6.07, 6.45) is -0.0814. The van der Waals surface area contributed by atoms with E-state index in [2.05, 4.69) is 0 Å². The van der Waals surface area contributed by atoms with Gasteiger partial charge in [0.2, 0.25) is 0 Å². The maximum atomic E-state index is 11.8. The van der Waals surface area contributed by atoms with Crippen molar-refractivity contribution in [2.45, 2.75) is 26.3 Å². The molecule has 0 saturated carbocycles. The lowest BCUT2D eigenvalue weighted by molar-refractivity contribution is -0.137. The van der Waals surface area contributed by atoms with Gasteiger partial charge in [0.15, 0.2) is 5.76 Å². The molecular formula is C11H15NO4. The SMILES string of the molecule is Cc1ccc(C(=O)N(C)C(C)CC(=O)O)o1. The molecule has 1 unspecified atom stereocenters. The third-order valence-corrected chi connectivity index (χ3v) is 2.40. The fraction of sp³-hybridized carbons (Fsp3) is 0.455. The zero-order chi connectivity index (χ0) is 12.3. The van der Waals surface area contributed by atoms with Gasteiger partial charge in [-0.25, -0.2) is 0 Å². The number of amides is 1. The minimum Gasteiger partial charge on any atom is -0.481 e. The average Bonchev–Trinajstić information content (AvgIpc) is 2.61. The van der Waals surface area contributed by atoms with Gasteiger partial charge in [-0.3, -0.25) is 9.59 Å². The third-order valence-electron chi connectivity index (χ3n) is 2.40. The summed E-state index contributed by atoms with van der Waals surface area (Å²) in [4.78, 5) is 23.7. The van der Waals surface area contributed by atoms with Crippen molar-refractivity contribution >= 4 is 11.9 Å². The van der Waals surface area contributed by atoms with Crippen LogP contribution in [0.4, 0.5) is 0 Å². The Kier molecular flexibility index (Phi) is 3.71. The second-order valence-corrected chi connectivity index (χ2v) is 3.77. The average molecular weight is 225 g/mol. The number of furan rings is 1. The van der Waals surface area contributed by atoms with Crippen LogP contribution in [0.1, 0.15) is 29.7 Å². The van der Waals surface area contributed by atoms with Crippen LogP contribution in [0.3, 0.4) is 0 Å². The molecule has 1 heterocycles. The zero-order valence-corrected chi connectivity index (χ0v) is 9.56. The van der Waals surface area contributed by atoms with Crippen LogP contribution >= 0.6 is 0 Å². The predicted octanol–water partition coefficient (Wildman–Crippen LogP) is 1.52. The Morgan fingerprint density at radius 1 is 1.50 bits per heavy atom. The number of hydrogen-bond donors (Lipinski definition) is 1. The highest BCUT2D eigenvalue weighted by Crippen LogP contribution is 2.11. The highest BCUT2D eigenvalue weighted by atomic mass is 16.4. The number of aryl methyl sites for hydroxylation is 1. The molecule has 0 aromatic carbocycles. The largest absolute Gasteiger partial charge is 0.481 e. The molecule has 1 N–H and O–H groups in total. The summed E-state index contributed by atoms with van der Waals surface area (Å²) < 4.78 is 5.18. The second kappa shape index (κ2) is 4.83. The van der Waals surface area contributed by atoms with Crippen LogP contribution in [-0.4, -0.2) is 35.0 Å². The molecule has 0 spiro atoms. The van der Waals surface area contributed by atoms with Crippen molar-refractivity contribution in [2.24, 2.45) is 0 Å². The molecule has 1 aromatic rings. The van der Waals surface area contributed by atoms with Crippen molar-refractivity contribution in [1.29, 1.82) is 0 Å². The van der Waals surface area contributed by atoms with Gasteiger partial charge < -0.3 is 14.4 Å². The predicted molar refractivity (Wildman–Crippen MR) is 57.3 cm³/mol. The molecule has 1 aromatic heterocycles. The van der Waals surface area contributed by atoms with E-state index in [-0.39, 0.29) is 24.1 Å². The topological polar surface area (TPSA) is 70.8 Å². The molecule has 0 bridgehead atoms. The first-order chi connectivity index (χ1) is 7.41. The quantitative estimate of drug-likeness (QED) is 0.843. The summed E-state index contributed by atoms with van der Waals surface area (Å²) in [5, 5.41) is 8.63. The van der Waals surface area contributed by atoms with E-state index in [1.54, 1.807) is 33.0 Å². The third kappa shape index (κ3) is 2.85. The molecule has 0 saturated heterocycles. The Bertz CT molecular complexity index is 396. The highest BCUT2D eigenvalue weighted by Gasteiger charge is 2.21. The van der Waals surface area contributed by atoms with Crippen LogP contribution in [0, 0.1) is 6.92 Å². The number of hydrogen-bond acceptors (Lipinski definition) is 3. The molecule has 1 rings (SSSR count). The molecule has 0 aliphatic carbocycles. The van der Waals surface area contributed by atoms with Gasteiger partial charge in [-0.2, -0.15) is 0 Å². The zero-order valence-electron chi connectivity index (χ0n) is 9.56. The number of aliphatic carboxylic acids is 1. The summed E-state index contributed by atoms with van der Waals surface area (Å²) in [7, 11) is 1.56. The van der Waals surface area contributed by atoms with Gasteiger partial charge in [-0.15, -0.1) is 0 Å². The summed E-state index contributed by atoms with van der Waals surface area (Å²) in [6, 6.07) is 2.92. The van der Waals surface area contributed by atoms with Crippen molar-refractivity contribution in [3.8, 4) is 0 Å².